The Morgan fingerprint density at radius 2 is 1.94 bits per heavy atom. The third-order valence-electron chi connectivity index (χ3n) is 4.29. The van der Waals surface area contributed by atoms with E-state index in [1.165, 1.54) is 15.3 Å². The van der Waals surface area contributed by atoms with E-state index in [0.29, 0.717) is 5.75 Å². The summed E-state index contributed by atoms with van der Waals surface area (Å²) in [5, 5.41) is 2.88. The number of hydrogen-bond acceptors (Lipinski definition) is 6. The van der Waals surface area contributed by atoms with Crippen molar-refractivity contribution in [2.24, 2.45) is 4.99 Å². The Hall–Kier alpha value is -2.43. The number of hydrogen-bond donors (Lipinski definition) is 1. The first kappa shape index (κ1) is 21.8. The van der Waals surface area contributed by atoms with Gasteiger partial charge in [-0.25, -0.2) is 4.98 Å². The van der Waals surface area contributed by atoms with Gasteiger partial charge in [0.1, 0.15) is 5.75 Å². The average Bonchev–Trinajstić information content (AvgIpc) is 3.20. The number of amides is 1. The molecule has 0 saturated carbocycles. The highest BCUT2D eigenvalue weighted by Crippen LogP contribution is 2.32. The number of ether oxygens (including phenoxy) is 1. The molecule has 1 heterocycles. The quantitative estimate of drug-likeness (QED) is 0.162. The fourth-order valence-corrected chi connectivity index (χ4v) is 4.99. The molecule has 4 aromatic rings. The Kier molecular flexibility index (Phi) is 7.21. The van der Waals surface area contributed by atoms with Crippen molar-refractivity contribution in [3.05, 3.63) is 75.9 Å². The van der Waals surface area contributed by atoms with E-state index < -0.39 is 0 Å². The zero-order chi connectivity index (χ0) is 21.6. The van der Waals surface area contributed by atoms with Crippen LogP contribution < -0.4 is 10.1 Å². The molecule has 0 bridgehead atoms. The van der Waals surface area contributed by atoms with E-state index in [-0.39, 0.29) is 5.91 Å². The number of fused-ring (bicyclic) bond motifs is 1. The van der Waals surface area contributed by atoms with Gasteiger partial charge in [0.15, 0.2) is 4.34 Å². The zero-order valence-corrected chi connectivity index (χ0v) is 20.3. The lowest BCUT2D eigenvalue weighted by Crippen LogP contribution is -2.13. The number of halogens is 1. The van der Waals surface area contributed by atoms with E-state index in [4.69, 9.17) is 4.74 Å². The summed E-state index contributed by atoms with van der Waals surface area (Å²) in [5.74, 6) is 0.977. The molecular weight excluding hydrogens is 541 g/mol. The van der Waals surface area contributed by atoms with Crippen LogP contribution in [0.4, 0.5) is 11.4 Å². The number of nitrogens with zero attached hydrogens (tertiary/aromatic N) is 2. The molecule has 0 unspecified atom stereocenters. The van der Waals surface area contributed by atoms with Crippen molar-refractivity contribution >= 4 is 79.4 Å². The first-order valence-corrected chi connectivity index (χ1v) is 12.2. The smallest absolute Gasteiger partial charge is 0.234 e. The van der Waals surface area contributed by atoms with E-state index >= 15 is 0 Å². The van der Waals surface area contributed by atoms with E-state index in [2.05, 4.69) is 50.0 Å². The molecule has 3 aromatic carbocycles. The molecule has 31 heavy (non-hydrogen) atoms. The first-order chi connectivity index (χ1) is 15.1. The van der Waals surface area contributed by atoms with Crippen LogP contribution in [0, 0.1) is 3.57 Å². The average molecular weight is 559 g/mol. The lowest BCUT2D eigenvalue weighted by Gasteiger charge is -2.05. The summed E-state index contributed by atoms with van der Waals surface area (Å²) in [7, 11) is 1.61. The Balaban J connectivity index is 1.37. The SMILES string of the molecule is COc1ccc(NC(=O)CSc2nc3ccc(N=Cc4ccc(I)cc4)cc3s2)cc1. The summed E-state index contributed by atoms with van der Waals surface area (Å²) in [6, 6.07) is 21.4. The molecule has 0 spiro atoms. The number of benzene rings is 3. The number of nitrogens with one attached hydrogen (secondary N) is 1. The summed E-state index contributed by atoms with van der Waals surface area (Å²) >= 11 is 5.28. The predicted octanol–water partition coefficient (Wildman–Crippen LogP) is 6.39. The number of rotatable bonds is 7. The highest BCUT2D eigenvalue weighted by molar-refractivity contribution is 14.1. The number of carbonyl (C=O) groups excluding carboxylic acids is 1. The Morgan fingerprint density at radius 1 is 1.16 bits per heavy atom. The van der Waals surface area contributed by atoms with E-state index in [9.17, 15) is 4.79 Å². The lowest BCUT2D eigenvalue weighted by atomic mass is 10.2. The number of thiazole rings is 1. The van der Waals surface area contributed by atoms with Crippen LogP contribution in [-0.4, -0.2) is 30.0 Å². The Labute approximate surface area is 202 Å². The number of aliphatic imine (C=N–C) groups is 1. The van der Waals surface area contributed by atoms with Crippen LogP contribution in [0.1, 0.15) is 5.56 Å². The molecule has 5 nitrogen and oxygen atoms in total. The third kappa shape index (κ3) is 6.05. The van der Waals surface area contributed by atoms with Crippen LogP contribution in [0.15, 0.2) is 76.1 Å². The molecule has 1 N–H and O–H groups in total. The highest BCUT2D eigenvalue weighted by Gasteiger charge is 2.09. The van der Waals surface area contributed by atoms with Crippen molar-refractivity contribution in [3.63, 3.8) is 0 Å². The molecule has 1 amide bonds. The van der Waals surface area contributed by atoms with Gasteiger partial charge < -0.3 is 10.1 Å². The van der Waals surface area contributed by atoms with Crippen molar-refractivity contribution in [1.82, 2.24) is 4.98 Å². The van der Waals surface area contributed by atoms with Gasteiger partial charge in [0.25, 0.3) is 0 Å². The minimum absolute atomic E-state index is 0.0720. The third-order valence-corrected chi connectivity index (χ3v) is 7.17. The summed E-state index contributed by atoms with van der Waals surface area (Å²) in [6.07, 6.45) is 1.86. The molecule has 8 heteroatoms. The van der Waals surface area contributed by atoms with Crippen molar-refractivity contribution in [2.45, 2.75) is 4.34 Å². The monoisotopic (exact) mass is 559 g/mol. The van der Waals surface area contributed by atoms with Crippen LogP contribution in [0.25, 0.3) is 10.2 Å². The van der Waals surface area contributed by atoms with Gasteiger partial charge in [0, 0.05) is 15.5 Å². The maximum Gasteiger partial charge on any atom is 0.234 e. The van der Waals surface area contributed by atoms with Gasteiger partial charge in [0.05, 0.1) is 28.8 Å². The fraction of sp³-hybridized carbons (Fsp3) is 0.0870. The molecule has 0 saturated heterocycles. The summed E-state index contributed by atoms with van der Waals surface area (Å²) < 4.78 is 8.23. The maximum atomic E-state index is 12.2. The Morgan fingerprint density at radius 3 is 2.68 bits per heavy atom. The second kappa shape index (κ2) is 10.3. The molecule has 0 aliphatic rings. The summed E-state index contributed by atoms with van der Waals surface area (Å²) in [4.78, 5) is 21.4. The van der Waals surface area contributed by atoms with E-state index in [1.54, 1.807) is 18.4 Å². The van der Waals surface area contributed by atoms with E-state index in [0.717, 1.165) is 37.2 Å². The van der Waals surface area contributed by atoms with Crippen LogP contribution in [0.5, 0.6) is 5.75 Å². The first-order valence-electron chi connectivity index (χ1n) is 9.36. The molecule has 0 aliphatic heterocycles. The van der Waals surface area contributed by atoms with Crippen LogP contribution >= 0.6 is 45.7 Å². The Bertz CT molecular complexity index is 1220. The molecule has 0 fully saturated rings. The zero-order valence-electron chi connectivity index (χ0n) is 16.5. The molecule has 0 atom stereocenters. The molecule has 0 radical (unpaired) electrons. The lowest BCUT2D eigenvalue weighted by molar-refractivity contribution is -0.113. The highest BCUT2D eigenvalue weighted by atomic mass is 127. The number of methoxy groups -OCH3 is 1. The molecule has 4 rings (SSSR count). The van der Waals surface area contributed by atoms with Gasteiger partial charge in [-0.1, -0.05) is 23.9 Å². The summed E-state index contributed by atoms with van der Waals surface area (Å²) in [6.45, 7) is 0. The van der Waals surface area contributed by atoms with Crippen LogP contribution in [0.2, 0.25) is 0 Å². The standard InChI is InChI=1S/C23H18IN3O2S2/c1-29-19-9-6-17(7-10-19)26-22(28)14-30-23-27-20-11-8-18(12-21(20)31-23)25-13-15-2-4-16(24)5-3-15/h2-13H,14H2,1H3,(H,26,28). The topological polar surface area (TPSA) is 63.6 Å². The second-order valence-corrected chi connectivity index (χ2v) is 10.0. The van der Waals surface area contributed by atoms with Crippen molar-refractivity contribution in [3.8, 4) is 5.75 Å². The maximum absolute atomic E-state index is 12.2. The van der Waals surface area contributed by atoms with Gasteiger partial charge >= 0.3 is 0 Å². The number of thioether (sulfide) groups is 1. The van der Waals surface area contributed by atoms with Crippen LogP contribution in [-0.2, 0) is 4.79 Å². The number of carbonyl (C=O) groups is 1. The van der Waals surface area contributed by atoms with Gasteiger partial charge in [-0.15, -0.1) is 11.3 Å². The molecule has 1 aromatic heterocycles. The van der Waals surface area contributed by atoms with E-state index in [1.807, 2.05) is 60.8 Å². The van der Waals surface area contributed by atoms with Crippen LogP contribution in [0.3, 0.4) is 0 Å². The molecule has 156 valence electrons. The predicted molar refractivity (Wildman–Crippen MR) is 138 cm³/mol. The van der Waals surface area contributed by atoms with Gasteiger partial charge in [-0.05, 0) is 82.8 Å². The number of aromatic nitrogens is 1. The fourth-order valence-electron chi connectivity index (χ4n) is 2.73. The second-order valence-electron chi connectivity index (χ2n) is 6.51. The molecular formula is C23H18IN3O2S2. The largest absolute Gasteiger partial charge is 0.497 e. The molecule has 0 aliphatic carbocycles. The van der Waals surface area contributed by atoms with Crippen molar-refractivity contribution < 1.29 is 9.53 Å². The normalized spacial score (nSPS) is 11.2. The van der Waals surface area contributed by atoms with Crippen molar-refractivity contribution in [1.29, 1.82) is 0 Å². The summed E-state index contributed by atoms with van der Waals surface area (Å²) in [5.41, 5.74) is 3.59. The van der Waals surface area contributed by atoms with Gasteiger partial charge in [0.2, 0.25) is 5.91 Å². The minimum atomic E-state index is -0.0720. The van der Waals surface area contributed by atoms with Gasteiger partial charge in [-0.3, -0.25) is 9.79 Å². The minimum Gasteiger partial charge on any atom is -0.497 e. The van der Waals surface area contributed by atoms with Crippen molar-refractivity contribution in [2.75, 3.05) is 18.2 Å². The van der Waals surface area contributed by atoms with Gasteiger partial charge in [-0.2, -0.15) is 0 Å². The number of anilines is 1.